The second-order valence-electron chi connectivity index (χ2n) is 6.40. The molecule has 1 amide bonds. The van der Waals surface area contributed by atoms with E-state index in [2.05, 4.69) is 32.9 Å². The maximum atomic E-state index is 12.0. The number of hydrogen-bond donors (Lipinski definition) is 3. The Bertz CT molecular complexity index is 538. The number of carbonyl (C=O) groups is 1. The molecular weight excluding hydrogens is 302 g/mol. The van der Waals surface area contributed by atoms with Gasteiger partial charge in [0.2, 0.25) is 5.91 Å². The molecule has 1 aliphatic carbocycles. The van der Waals surface area contributed by atoms with Crippen molar-refractivity contribution in [3.63, 3.8) is 0 Å². The Hall–Kier alpha value is -2.11. The van der Waals surface area contributed by atoms with Crippen LogP contribution in [0.15, 0.2) is 29.5 Å². The van der Waals surface area contributed by atoms with Crippen LogP contribution in [0.5, 0.6) is 0 Å². The van der Waals surface area contributed by atoms with E-state index in [1.54, 1.807) is 18.5 Å². The molecule has 24 heavy (non-hydrogen) atoms. The van der Waals surface area contributed by atoms with Crippen molar-refractivity contribution in [1.29, 1.82) is 0 Å². The summed E-state index contributed by atoms with van der Waals surface area (Å²) in [5.41, 5.74) is 1.07. The van der Waals surface area contributed by atoms with E-state index in [4.69, 9.17) is 0 Å². The number of rotatable bonds is 7. The molecule has 6 heteroatoms. The molecule has 0 bridgehead atoms. The van der Waals surface area contributed by atoms with Gasteiger partial charge in [-0.25, -0.2) is 4.99 Å². The van der Waals surface area contributed by atoms with Crippen LogP contribution in [0.2, 0.25) is 0 Å². The van der Waals surface area contributed by atoms with E-state index >= 15 is 0 Å². The predicted molar refractivity (Wildman–Crippen MR) is 98.0 cm³/mol. The normalized spacial score (nSPS) is 16.7. The van der Waals surface area contributed by atoms with Gasteiger partial charge in [0, 0.05) is 19.3 Å². The average Bonchev–Trinajstić information content (AvgIpc) is 3.08. The Balaban J connectivity index is 1.86. The monoisotopic (exact) mass is 331 g/mol. The fourth-order valence-electron chi connectivity index (χ4n) is 3.18. The average molecular weight is 331 g/mol. The third kappa shape index (κ3) is 5.51. The first-order valence-corrected chi connectivity index (χ1v) is 8.89. The molecule has 0 unspecified atom stereocenters. The summed E-state index contributed by atoms with van der Waals surface area (Å²) >= 11 is 0. The van der Waals surface area contributed by atoms with E-state index in [0.717, 1.165) is 13.1 Å². The summed E-state index contributed by atoms with van der Waals surface area (Å²) in [6, 6.07) is 3.60. The molecule has 0 spiro atoms. The molecule has 0 aliphatic heterocycles. The second-order valence-corrected chi connectivity index (χ2v) is 6.40. The zero-order chi connectivity index (χ0) is 17.3. The van der Waals surface area contributed by atoms with E-state index in [1.807, 2.05) is 13.0 Å². The van der Waals surface area contributed by atoms with Gasteiger partial charge in [0.1, 0.15) is 6.54 Å². The molecule has 1 saturated carbocycles. The minimum absolute atomic E-state index is 0.0867. The van der Waals surface area contributed by atoms with Crippen LogP contribution in [-0.4, -0.2) is 36.5 Å². The first kappa shape index (κ1) is 18.2. The lowest BCUT2D eigenvalue weighted by Gasteiger charge is -2.28. The van der Waals surface area contributed by atoms with Crippen molar-refractivity contribution in [3.05, 3.63) is 24.5 Å². The van der Waals surface area contributed by atoms with Gasteiger partial charge < -0.3 is 16.0 Å². The summed E-state index contributed by atoms with van der Waals surface area (Å²) in [7, 11) is 0. The number of carbonyl (C=O) groups excluding carboxylic acids is 1. The number of amides is 1. The molecule has 0 atom stereocenters. The molecule has 6 nitrogen and oxygen atoms in total. The fourth-order valence-corrected chi connectivity index (χ4v) is 3.18. The molecule has 1 aliphatic rings. The number of anilines is 1. The summed E-state index contributed by atoms with van der Waals surface area (Å²) in [5, 5.41) is 9.42. The Labute approximate surface area is 144 Å². The van der Waals surface area contributed by atoms with Crippen LogP contribution in [0, 0.1) is 5.41 Å². The highest BCUT2D eigenvalue weighted by Gasteiger charge is 2.31. The first-order valence-electron chi connectivity index (χ1n) is 8.89. The summed E-state index contributed by atoms with van der Waals surface area (Å²) in [4.78, 5) is 20.4. The standard InChI is InChI=1S/C18H29N5O/c1-3-18(9-5-6-10-18)14-22-17(20-4-2)21-13-16(24)23-15-8-7-11-19-12-15/h7-8,11-12H,3-6,9-10,13-14H2,1-2H3,(H,23,24)(H2,20,21,22). The lowest BCUT2D eigenvalue weighted by atomic mass is 9.83. The molecule has 1 aromatic rings. The molecular formula is C18H29N5O. The SMILES string of the molecule is CCNC(=NCC(=O)Nc1cccnc1)NCC1(CC)CCCC1. The van der Waals surface area contributed by atoms with Gasteiger partial charge in [0.05, 0.1) is 11.9 Å². The summed E-state index contributed by atoms with van der Waals surface area (Å²) < 4.78 is 0. The second kappa shape index (κ2) is 9.25. The van der Waals surface area contributed by atoms with Crippen LogP contribution in [0.25, 0.3) is 0 Å². The van der Waals surface area contributed by atoms with Gasteiger partial charge in [-0.05, 0) is 43.7 Å². The highest BCUT2D eigenvalue weighted by molar-refractivity contribution is 5.93. The van der Waals surface area contributed by atoms with Crippen LogP contribution < -0.4 is 16.0 Å². The van der Waals surface area contributed by atoms with Crippen molar-refractivity contribution < 1.29 is 4.79 Å². The minimum Gasteiger partial charge on any atom is -0.357 e. The van der Waals surface area contributed by atoms with E-state index in [1.165, 1.54) is 32.1 Å². The molecule has 0 radical (unpaired) electrons. The van der Waals surface area contributed by atoms with Crippen LogP contribution >= 0.6 is 0 Å². The quantitative estimate of drug-likeness (QED) is 0.530. The van der Waals surface area contributed by atoms with E-state index in [0.29, 0.717) is 17.1 Å². The summed E-state index contributed by atoms with van der Waals surface area (Å²) in [6.07, 6.45) is 9.66. The van der Waals surface area contributed by atoms with Crippen LogP contribution in [-0.2, 0) is 4.79 Å². The Morgan fingerprint density at radius 2 is 2.08 bits per heavy atom. The van der Waals surface area contributed by atoms with Crippen molar-refractivity contribution >= 4 is 17.6 Å². The smallest absolute Gasteiger partial charge is 0.246 e. The molecule has 3 N–H and O–H groups in total. The van der Waals surface area contributed by atoms with E-state index < -0.39 is 0 Å². The van der Waals surface area contributed by atoms with Gasteiger partial charge in [0.15, 0.2) is 5.96 Å². The highest BCUT2D eigenvalue weighted by atomic mass is 16.1. The van der Waals surface area contributed by atoms with Crippen molar-refractivity contribution in [2.24, 2.45) is 10.4 Å². The molecule has 0 aromatic carbocycles. The van der Waals surface area contributed by atoms with Crippen molar-refractivity contribution in [1.82, 2.24) is 15.6 Å². The molecule has 0 saturated heterocycles. The Morgan fingerprint density at radius 3 is 2.71 bits per heavy atom. The zero-order valence-corrected chi connectivity index (χ0v) is 14.8. The maximum Gasteiger partial charge on any atom is 0.246 e. The van der Waals surface area contributed by atoms with Gasteiger partial charge in [-0.3, -0.25) is 9.78 Å². The van der Waals surface area contributed by atoms with Crippen molar-refractivity contribution in [2.45, 2.75) is 46.0 Å². The van der Waals surface area contributed by atoms with Crippen LogP contribution in [0.3, 0.4) is 0 Å². The van der Waals surface area contributed by atoms with Gasteiger partial charge in [-0.15, -0.1) is 0 Å². The van der Waals surface area contributed by atoms with Gasteiger partial charge in [0.25, 0.3) is 0 Å². The minimum atomic E-state index is -0.147. The van der Waals surface area contributed by atoms with E-state index in [9.17, 15) is 4.79 Å². The number of pyridine rings is 1. The largest absolute Gasteiger partial charge is 0.357 e. The Kier molecular flexibility index (Phi) is 7.03. The lowest BCUT2D eigenvalue weighted by Crippen LogP contribution is -2.43. The molecule has 2 rings (SSSR count). The van der Waals surface area contributed by atoms with Crippen molar-refractivity contribution in [3.8, 4) is 0 Å². The number of hydrogen-bond acceptors (Lipinski definition) is 3. The number of guanidine groups is 1. The highest BCUT2D eigenvalue weighted by Crippen LogP contribution is 2.40. The number of nitrogens with zero attached hydrogens (tertiary/aromatic N) is 2. The van der Waals surface area contributed by atoms with Crippen LogP contribution in [0.4, 0.5) is 5.69 Å². The number of nitrogens with one attached hydrogen (secondary N) is 3. The van der Waals surface area contributed by atoms with Gasteiger partial charge in [-0.1, -0.05) is 19.8 Å². The Morgan fingerprint density at radius 1 is 1.29 bits per heavy atom. The fraction of sp³-hybridized carbons (Fsp3) is 0.611. The van der Waals surface area contributed by atoms with Gasteiger partial charge in [-0.2, -0.15) is 0 Å². The number of aliphatic imine (C=N–C) groups is 1. The van der Waals surface area contributed by atoms with Crippen molar-refractivity contribution in [2.75, 3.05) is 25.0 Å². The molecule has 1 fully saturated rings. The predicted octanol–water partition coefficient (Wildman–Crippen LogP) is 2.55. The molecule has 1 heterocycles. The lowest BCUT2D eigenvalue weighted by molar-refractivity contribution is -0.114. The first-order chi connectivity index (χ1) is 11.7. The maximum absolute atomic E-state index is 12.0. The third-order valence-corrected chi connectivity index (χ3v) is 4.72. The van der Waals surface area contributed by atoms with E-state index in [-0.39, 0.29) is 12.5 Å². The summed E-state index contributed by atoms with van der Waals surface area (Å²) in [6.45, 7) is 6.06. The summed E-state index contributed by atoms with van der Waals surface area (Å²) in [5.74, 6) is 0.560. The zero-order valence-electron chi connectivity index (χ0n) is 14.8. The molecule has 1 aromatic heterocycles. The number of aromatic nitrogens is 1. The van der Waals surface area contributed by atoms with Gasteiger partial charge >= 0.3 is 0 Å². The topological polar surface area (TPSA) is 78.4 Å². The molecule has 132 valence electrons. The third-order valence-electron chi connectivity index (χ3n) is 4.72. The van der Waals surface area contributed by atoms with Crippen LogP contribution in [0.1, 0.15) is 46.0 Å².